The Kier molecular flexibility index (Phi) is 2.72. The molecule has 19 heavy (non-hydrogen) atoms. The molecule has 0 radical (unpaired) electrons. The zero-order chi connectivity index (χ0) is 13.2. The monoisotopic (exact) mass is 250 g/mol. The average Bonchev–Trinajstić information content (AvgIpc) is 2.48. The molecule has 0 saturated carbocycles. The van der Waals surface area contributed by atoms with Crippen LogP contribution in [0, 0.1) is 0 Å². The maximum Gasteiger partial charge on any atom is 0.201 e. The molecule has 0 unspecified atom stereocenters. The molecule has 3 nitrogen and oxygen atoms in total. The first-order valence-electron chi connectivity index (χ1n) is 5.87. The highest BCUT2D eigenvalue weighted by molar-refractivity contribution is 5.90. The van der Waals surface area contributed by atoms with E-state index in [0.717, 1.165) is 0 Å². The van der Waals surface area contributed by atoms with Crippen molar-refractivity contribution in [1.29, 1.82) is 0 Å². The molecule has 0 atom stereocenters. The van der Waals surface area contributed by atoms with Gasteiger partial charge in [0.25, 0.3) is 0 Å². The number of para-hydroxylation sites is 1. The molecule has 0 spiro atoms. The molecular weight excluding hydrogens is 240 g/mol. The first kappa shape index (κ1) is 11.4. The molecular formula is C16H10O3. The summed E-state index contributed by atoms with van der Waals surface area (Å²) in [4.78, 5) is 23.7. The molecule has 92 valence electrons. The highest BCUT2D eigenvalue weighted by Crippen LogP contribution is 2.23. The van der Waals surface area contributed by atoms with Crippen LogP contribution in [0.3, 0.4) is 0 Å². The van der Waals surface area contributed by atoms with Crippen LogP contribution < -0.4 is 5.43 Å². The molecule has 3 rings (SSSR count). The van der Waals surface area contributed by atoms with Gasteiger partial charge < -0.3 is 4.42 Å². The first-order valence-corrected chi connectivity index (χ1v) is 5.87. The summed E-state index contributed by atoms with van der Waals surface area (Å²) < 4.78 is 5.51. The lowest BCUT2D eigenvalue weighted by Gasteiger charge is -2.05. The summed E-state index contributed by atoms with van der Waals surface area (Å²) in [7, 11) is 0. The summed E-state index contributed by atoms with van der Waals surface area (Å²) in [5, 5.41) is 0.479. The lowest BCUT2D eigenvalue weighted by atomic mass is 10.0. The zero-order valence-electron chi connectivity index (χ0n) is 10.00. The van der Waals surface area contributed by atoms with E-state index in [1.807, 2.05) is 18.2 Å². The third-order valence-electron chi connectivity index (χ3n) is 2.99. The number of carbonyl (C=O) groups is 1. The summed E-state index contributed by atoms with van der Waals surface area (Å²) >= 11 is 0. The quantitative estimate of drug-likeness (QED) is 0.656. The van der Waals surface area contributed by atoms with Gasteiger partial charge in [-0.1, -0.05) is 42.5 Å². The molecule has 0 N–H and O–H groups in total. The molecule has 0 aliphatic heterocycles. The normalized spacial score (nSPS) is 10.5. The largest absolute Gasteiger partial charge is 0.452 e. The Morgan fingerprint density at radius 3 is 2.32 bits per heavy atom. The topological polar surface area (TPSA) is 47.3 Å². The lowest BCUT2D eigenvalue weighted by Crippen LogP contribution is -2.08. The maximum atomic E-state index is 12.5. The van der Waals surface area contributed by atoms with E-state index in [1.54, 1.807) is 36.4 Å². The Morgan fingerprint density at radius 1 is 0.895 bits per heavy atom. The van der Waals surface area contributed by atoms with Crippen molar-refractivity contribution < 1.29 is 9.21 Å². The third kappa shape index (κ3) is 1.85. The average molecular weight is 250 g/mol. The van der Waals surface area contributed by atoms with Gasteiger partial charge in [0.05, 0.1) is 10.9 Å². The van der Waals surface area contributed by atoms with Crippen LogP contribution in [0.15, 0.2) is 63.8 Å². The van der Waals surface area contributed by atoms with E-state index < -0.39 is 0 Å². The SMILES string of the molecule is O=Cc1oc2ccccc2c(=O)c1-c1ccccc1. The third-order valence-corrected chi connectivity index (χ3v) is 2.99. The van der Waals surface area contributed by atoms with E-state index in [0.29, 0.717) is 28.4 Å². The van der Waals surface area contributed by atoms with Crippen molar-refractivity contribution in [2.75, 3.05) is 0 Å². The highest BCUT2D eigenvalue weighted by Gasteiger charge is 2.14. The minimum atomic E-state index is -0.185. The Labute approximate surface area is 109 Å². The van der Waals surface area contributed by atoms with Gasteiger partial charge in [-0.3, -0.25) is 9.59 Å². The summed E-state index contributed by atoms with van der Waals surface area (Å²) in [6.45, 7) is 0. The van der Waals surface area contributed by atoms with Gasteiger partial charge in [-0.2, -0.15) is 0 Å². The molecule has 0 amide bonds. The predicted octanol–water partition coefficient (Wildman–Crippen LogP) is 3.27. The zero-order valence-corrected chi connectivity index (χ0v) is 10.00. The summed E-state index contributed by atoms with van der Waals surface area (Å²) in [6.07, 6.45) is 0.580. The molecule has 1 aromatic heterocycles. The van der Waals surface area contributed by atoms with E-state index >= 15 is 0 Å². The Balaban J connectivity index is 2.44. The van der Waals surface area contributed by atoms with Crippen molar-refractivity contribution in [3.8, 4) is 11.1 Å². The van der Waals surface area contributed by atoms with Gasteiger partial charge in [0.2, 0.25) is 5.43 Å². The van der Waals surface area contributed by atoms with Crippen LogP contribution in [0.1, 0.15) is 10.6 Å². The van der Waals surface area contributed by atoms with Crippen molar-refractivity contribution in [2.45, 2.75) is 0 Å². The molecule has 0 fully saturated rings. The van der Waals surface area contributed by atoms with Crippen molar-refractivity contribution in [1.82, 2.24) is 0 Å². The highest BCUT2D eigenvalue weighted by atomic mass is 16.3. The van der Waals surface area contributed by atoms with E-state index in [-0.39, 0.29) is 11.2 Å². The van der Waals surface area contributed by atoms with Crippen molar-refractivity contribution in [3.63, 3.8) is 0 Å². The van der Waals surface area contributed by atoms with E-state index in [4.69, 9.17) is 4.42 Å². The van der Waals surface area contributed by atoms with Crippen LogP contribution in [-0.2, 0) is 0 Å². The van der Waals surface area contributed by atoms with Crippen molar-refractivity contribution >= 4 is 17.3 Å². The molecule has 0 aliphatic rings. The van der Waals surface area contributed by atoms with Crippen molar-refractivity contribution in [2.24, 2.45) is 0 Å². The van der Waals surface area contributed by atoms with E-state index in [2.05, 4.69) is 0 Å². The molecule has 2 aromatic carbocycles. The number of benzene rings is 2. The van der Waals surface area contributed by atoms with Gasteiger partial charge in [0.1, 0.15) is 5.58 Å². The fourth-order valence-electron chi connectivity index (χ4n) is 2.12. The van der Waals surface area contributed by atoms with Crippen LogP contribution in [0.25, 0.3) is 22.1 Å². The van der Waals surface area contributed by atoms with Crippen LogP contribution in [0.2, 0.25) is 0 Å². The Bertz CT molecular complexity index is 801. The second-order valence-corrected chi connectivity index (χ2v) is 4.15. The number of aldehydes is 1. The fraction of sp³-hybridized carbons (Fsp3) is 0. The molecule has 0 saturated heterocycles. The second-order valence-electron chi connectivity index (χ2n) is 4.15. The van der Waals surface area contributed by atoms with Gasteiger partial charge in [-0.15, -0.1) is 0 Å². The van der Waals surface area contributed by atoms with Gasteiger partial charge >= 0.3 is 0 Å². The number of fused-ring (bicyclic) bond motifs is 1. The molecule has 0 bridgehead atoms. The smallest absolute Gasteiger partial charge is 0.201 e. The van der Waals surface area contributed by atoms with Crippen LogP contribution in [-0.4, -0.2) is 6.29 Å². The number of hydrogen-bond donors (Lipinski definition) is 0. The Morgan fingerprint density at radius 2 is 1.58 bits per heavy atom. The summed E-state index contributed by atoms with van der Waals surface area (Å²) in [5.41, 5.74) is 1.24. The fourth-order valence-corrected chi connectivity index (χ4v) is 2.12. The number of carbonyl (C=O) groups excluding carboxylic acids is 1. The maximum absolute atomic E-state index is 12.5. The van der Waals surface area contributed by atoms with Crippen LogP contribution in [0.5, 0.6) is 0 Å². The first-order chi connectivity index (χ1) is 9.31. The van der Waals surface area contributed by atoms with Crippen LogP contribution in [0.4, 0.5) is 0 Å². The molecule has 3 heteroatoms. The predicted molar refractivity (Wildman–Crippen MR) is 73.3 cm³/mol. The number of rotatable bonds is 2. The van der Waals surface area contributed by atoms with Gasteiger partial charge in [0, 0.05) is 0 Å². The molecule has 0 aliphatic carbocycles. The Hall–Kier alpha value is -2.68. The minimum absolute atomic E-state index is 0.0647. The molecule has 3 aromatic rings. The molecule has 1 heterocycles. The second kappa shape index (κ2) is 4.53. The van der Waals surface area contributed by atoms with Gasteiger partial charge in [-0.25, -0.2) is 0 Å². The lowest BCUT2D eigenvalue weighted by molar-refractivity contribution is 0.110. The van der Waals surface area contributed by atoms with E-state index in [9.17, 15) is 9.59 Å². The standard InChI is InChI=1S/C16H10O3/c17-10-14-15(11-6-2-1-3-7-11)16(18)12-8-4-5-9-13(12)19-14/h1-10H. The van der Waals surface area contributed by atoms with Gasteiger partial charge in [0.15, 0.2) is 12.0 Å². The van der Waals surface area contributed by atoms with E-state index in [1.165, 1.54) is 0 Å². The summed E-state index contributed by atoms with van der Waals surface area (Å²) in [5.74, 6) is 0.0647. The van der Waals surface area contributed by atoms with Gasteiger partial charge in [-0.05, 0) is 17.7 Å². The van der Waals surface area contributed by atoms with Crippen molar-refractivity contribution in [3.05, 3.63) is 70.6 Å². The number of hydrogen-bond acceptors (Lipinski definition) is 3. The van der Waals surface area contributed by atoms with Crippen LogP contribution >= 0.6 is 0 Å². The summed E-state index contributed by atoms with van der Waals surface area (Å²) in [6, 6.07) is 16.0. The minimum Gasteiger partial charge on any atom is -0.452 e.